The Labute approximate surface area is 182 Å². The van der Waals surface area contributed by atoms with Gasteiger partial charge in [0, 0.05) is 12.0 Å². The smallest absolute Gasteiger partial charge is 0.277 e. The molecule has 0 fully saturated rings. The Hall–Kier alpha value is -2.71. The van der Waals surface area contributed by atoms with Gasteiger partial charge in [0.2, 0.25) is 0 Å². The zero-order valence-corrected chi connectivity index (χ0v) is 19.2. The van der Waals surface area contributed by atoms with E-state index >= 15 is 0 Å². The van der Waals surface area contributed by atoms with Gasteiger partial charge >= 0.3 is 0 Å². The average Bonchev–Trinajstić information content (AvgIpc) is 3.02. The third-order valence-electron chi connectivity index (χ3n) is 4.97. The number of rotatable bonds is 8. The fourth-order valence-corrected chi connectivity index (χ4v) is 3.73. The summed E-state index contributed by atoms with van der Waals surface area (Å²) < 4.78 is 7.47. The van der Waals surface area contributed by atoms with Gasteiger partial charge in [-0.15, -0.1) is 5.10 Å². The number of benzene rings is 1. The van der Waals surface area contributed by atoms with Gasteiger partial charge in [0.15, 0.2) is 11.3 Å². The standard InChI is InChI=1S/C23H33N5O3/c1-7-9-19-24-14(3)20-22(30)25-21(27-28(19)20)16-12-15(10-11-18(16)31-8-2)17(13-29)26-23(4,5)6/h10-12,17,26,29H,7-9,13H2,1-6H3,(H,25,27,30). The summed E-state index contributed by atoms with van der Waals surface area (Å²) in [5.74, 6) is 1.79. The van der Waals surface area contributed by atoms with Crippen LogP contribution in [0.5, 0.6) is 5.75 Å². The molecule has 3 aromatic rings. The molecule has 3 rings (SSSR count). The van der Waals surface area contributed by atoms with Crippen LogP contribution in [-0.4, -0.2) is 43.4 Å². The Balaban J connectivity index is 2.19. The summed E-state index contributed by atoms with van der Waals surface area (Å²) in [6.07, 6.45) is 1.63. The lowest BCUT2D eigenvalue weighted by molar-refractivity contribution is 0.217. The summed E-state index contributed by atoms with van der Waals surface area (Å²) in [6, 6.07) is 5.43. The van der Waals surface area contributed by atoms with Gasteiger partial charge in [0.1, 0.15) is 11.6 Å². The van der Waals surface area contributed by atoms with Crippen molar-refractivity contribution in [1.82, 2.24) is 24.9 Å². The van der Waals surface area contributed by atoms with Crippen molar-refractivity contribution < 1.29 is 9.84 Å². The number of aryl methyl sites for hydroxylation is 2. The first-order valence-corrected chi connectivity index (χ1v) is 10.8. The molecule has 0 amide bonds. The van der Waals surface area contributed by atoms with Crippen molar-refractivity contribution in [2.45, 2.75) is 66.0 Å². The molecule has 1 atom stereocenters. The van der Waals surface area contributed by atoms with Crippen LogP contribution >= 0.6 is 0 Å². The zero-order valence-electron chi connectivity index (χ0n) is 19.2. The quantitative estimate of drug-likeness (QED) is 0.510. The van der Waals surface area contributed by atoms with E-state index in [-0.39, 0.29) is 23.7 Å². The zero-order chi connectivity index (χ0) is 22.8. The number of aromatic amines is 1. The number of fused-ring (bicyclic) bond motifs is 1. The summed E-state index contributed by atoms with van der Waals surface area (Å²) in [6.45, 7) is 12.4. The largest absolute Gasteiger partial charge is 0.493 e. The molecule has 0 saturated carbocycles. The highest BCUT2D eigenvalue weighted by Crippen LogP contribution is 2.31. The number of imidazole rings is 1. The highest BCUT2D eigenvalue weighted by molar-refractivity contribution is 5.66. The third kappa shape index (κ3) is 4.97. The van der Waals surface area contributed by atoms with Gasteiger partial charge in [0.05, 0.1) is 30.5 Å². The van der Waals surface area contributed by atoms with Gasteiger partial charge in [0.25, 0.3) is 5.56 Å². The van der Waals surface area contributed by atoms with Crippen molar-refractivity contribution >= 4 is 5.52 Å². The highest BCUT2D eigenvalue weighted by atomic mass is 16.5. The van der Waals surface area contributed by atoms with Crippen LogP contribution in [0.4, 0.5) is 0 Å². The number of aliphatic hydroxyl groups is 1. The molecule has 31 heavy (non-hydrogen) atoms. The third-order valence-corrected chi connectivity index (χ3v) is 4.97. The minimum Gasteiger partial charge on any atom is -0.493 e. The lowest BCUT2D eigenvalue weighted by Gasteiger charge is -2.28. The van der Waals surface area contributed by atoms with Crippen molar-refractivity contribution in [2.24, 2.45) is 0 Å². The molecule has 3 N–H and O–H groups in total. The molecular formula is C23H33N5O3. The van der Waals surface area contributed by atoms with Gasteiger partial charge in [-0.25, -0.2) is 9.50 Å². The molecule has 0 spiro atoms. The molecule has 0 bridgehead atoms. The number of hydrogen-bond acceptors (Lipinski definition) is 6. The van der Waals surface area contributed by atoms with Crippen LogP contribution in [0.2, 0.25) is 0 Å². The van der Waals surface area contributed by atoms with E-state index in [1.807, 2.05) is 32.0 Å². The van der Waals surface area contributed by atoms with Gasteiger partial charge in [-0.2, -0.15) is 0 Å². The van der Waals surface area contributed by atoms with E-state index in [4.69, 9.17) is 9.84 Å². The number of aliphatic hydroxyl groups excluding tert-OH is 1. The number of nitrogens with one attached hydrogen (secondary N) is 2. The number of H-pyrrole nitrogens is 1. The van der Waals surface area contributed by atoms with Crippen LogP contribution < -0.4 is 15.6 Å². The number of hydrogen-bond donors (Lipinski definition) is 3. The monoisotopic (exact) mass is 427 g/mol. The highest BCUT2D eigenvalue weighted by Gasteiger charge is 2.21. The molecule has 8 nitrogen and oxygen atoms in total. The summed E-state index contributed by atoms with van der Waals surface area (Å²) in [5, 5.41) is 18.1. The van der Waals surface area contributed by atoms with E-state index in [2.05, 4.69) is 43.0 Å². The van der Waals surface area contributed by atoms with Crippen molar-refractivity contribution in [3.8, 4) is 17.1 Å². The fraction of sp³-hybridized carbons (Fsp3) is 0.522. The Kier molecular flexibility index (Phi) is 6.81. The number of aromatic nitrogens is 4. The maximum Gasteiger partial charge on any atom is 0.277 e. The van der Waals surface area contributed by atoms with Crippen molar-refractivity contribution in [2.75, 3.05) is 13.2 Å². The first kappa shape index (κ1) is 23.0. The summed E-state index contributed by atoms with van der Waals surface area (Å²) in [7, 11) is 0. The predicted octanol–water partition coefficient (Wildman–Crippen LogP) is 3.17. The molecule has 2 aromatic heterocycles. The fourth-order valence-electron chi connectivity index (χ4n) is 3.73. The van der Waals surface area contributed by atoms with E-state index in [0.717, 1.165) is 24.2 Å². The van der Waals surface area contributed by atoms with E-state index in [0.29, 0.717) is 35.0 Å². The minimum atomic E-state index is -0.268. The Morgan fingerprint density at radius 1 is 1.29 bits per heavy atom. The first-order valence-electron chi connectivity index (χ1n) is 10.8. The minimum absolute atomic E-state index is 0.0605. The van der Waals surface area contributed by atoms with Crippen LogP contribution in [0.3, 0.4) is 0 Å². The Morgan fingerprint density at radius 3 is 2.65 bits per heavy atom. The van der Waals surface area contributed by atoms with Crippen molar-refractivity contribution in [1.29, 1.82) is 0 Å². The second-order valence-electron chi connectivity index (χ2n) is 8.74. The molecule has 168 valence electrons. The average molecular weight is 428 g/mol. The molecule has 0 aliphatic heterocycles. The first-order chi connectivity index (χ1) is 14.7. The van der Waals surface area contributed by atoms with E-state index < -0.39 is 0 Å². The maximum absolute atomic E-state index is 12.9. The SMILES string of the molecule is CCCc1nc(C)c2c(=O)[nH]c(-c3cc(C(CO)NC(C)(C)C)ccc3OCC)nn12. The van der Waals surface area contributed by atoms with Gasteiger partial charge in [-0.3, -0.25) is 4.79 Å². The molecule has 2 heterocycles. The van der Waals surface area contributed by atoms with Crippen LogP contribution in [-0.2, 0) is 6.42 Å². The maximum atomic E-state index is 12.9. The summed E-state index contributed by atoms with van der Waals surface area (Å²) >= 11 is 0. The molecular weight excluding hydrogens is 394 g/mol. The lowest BCUT2D eigenvalue weighted by atomic mass is 9.99. The van der Waals surface area contributed by atoms with E-state index in [1.54, 1.807) is 4.52 Å². The topological polar surface area (TPSA) is 105 Å². The lowest BCUT2D eigenvalue weighted by Crippen LogP contribution is -2.40. The van der Waals surface area contributed by atoms with E-state index in [9.17, 15) is 9.90 Å². The molecule has 0 saturated heterocycles. The summed E-state index contributed by atoms with van der Waals surface area (Å²) in [5.41, 5.74) is 2.26. The predicted molar refractivity (Wildman–Crippen MR) is 122 cm³/mol. The molecule has 0 aliphatic carbocycles. The van der Waals surface area contributed by atoms with Gasteiger partial charge in [-0.05, 0) is 58.7 Å². The molecule has 0 radical (unpaired) electrons. The van der Waals surface area contributed by atoms with Gasteiger partial charge < -0.3 is 20.1 Å². The second kappa shape index (κ2) is 9.20. The Bertz CT molecular complexity index is 1110. The van der Waals surface area contributed by atoms with Crippen molar-refractivity contribution in [3.63, 3.8) is 0 Å². The van der Waals surface area contributed by atoms with Crippen LogP contribution in [0.15, 0.2) is 23.0 Å². The van der Waals surface area contributed by atoms with Crippen LogP contribution in [0.1, 0.15) is 64.2 Å². The Morgan fingerprint density at radius 2 is 2.03 bits per heavy atom. The van der Waals surface area contributed by atoms with E-state index in [1.165, 1.54) is 0 Å². The molecule has 1 unspecified atom stereocenters. The summed E-state index contributed by atoms with van der Waals surface area (Å²) in [4.78, 5) is 20.3. The van der Waals surface area contributed by atoms with Gasteiger partial charge in [-0.1, -0.05) is 13.0 Å². The normalized spacial score (nSPS) is 13.0. The van der Waals surface area contributed by atoms with Crippen LogP contribution in [0.25, 0.3) is 16.9 Å². The second-order valence-corrected chi connectivity index (χ2v) is 8.74. The molecule has 1 aromatic carbocycles. The van der Waals surface area contributed by atoms with Crippen LogP contribution in [0, 0.1) is 6.92 Å². The van der Waals surface area contributed by atoms with Crippen molar-refractivity contribution in [3.05, 3.63) is 45.6 Å². The molecule has 0 aliphatic rings. The number of nitrogens with zero attached hydrogens (tertiary/aromatic N) is 3. The number of ether oxygens (including phenoxy) is 1. The molecule has 8 heteroatoms.